The van der Waals surface area contributed by atoms with Crippen LogP contribution >= 0.6 is 15.9 Å². The van der Waals surface area contributed by atoms with E-state index in [-0.39, 0.29) is 0 Å². The fraction of sp³-hybridized carbons (Fsp3) is 0.250. The van der Waals surface area contributed by atoms with E-state index in [9.17, 15) is 0 Å². The molecule has 2 rings (SSSR count). The van der Waals surface area contributed by atoms with Gasteiger partial charge in [-0.15, -0.1) is 10.2 Å². The zero-order valence-corrected chi connectivity index (χ0v) is 9.15. The molecule has 0 unspecified atom stereocenters. The Bertz CT molecular complexity index is 422. The van der Waals surface area contributed by atoms with Crippen LogP contribution in [0.25, 0.3) is 0 Å². The molecule has 0 aliphatic rings. The van der Waals surface area contributed by atoms with Crippen molar-refractivity contribution in [1.82, 2.24) is 14.8 Å². The molecule has 0 aliphatic carbocycles. The van der Waals surface area contributed by atoms with Crippen LogP contribution in [0.1, 0.15) is 5.76 Å². The molecule has 0 saturated heterocycles. The summed E-state index contributed by atoms with van der Waals surface area (Å²) in [6.07, 6.45) is 3.29. The maximum Gasteiger partial charge on any atom is 0.224 e. The van der Waals surface area contributed by atoms with Crippen molar-refractivity contribution in [3.63, 3.8) is 0 Å². The fourth-order valence-electron chi connectivity index (χ4n) is 1.06. The van der Waals surface area contributed by atoms with Crippen molar-refractivity contribution in [3.05, 3.63) is 28.9 Å². The first-order valence-electron chi connectivity index (χ1n) is 4.06. The first kappa shape index (κ1) is 9.26. The zero-order valence-electron chi connectivity index (χ0n) is 7.57. The van der Waals surface area contributed by atoms with Crippen LogP contribution in [0.5, 0.6) is 0 Å². The highest BCUT2D eigenvalue weighted by Gasteiger charge is 2.02. The lowest BCUT2D eigenvalue weighted by atomic mass is 10.4. The van der Waals surface area contributed by atoms with Crippen LogP contribution in [0.2, 0.25) is 0 Å². The number of aromatic nitrogens is 3. The zero-order chi connectivity index (χ0) is 9.97. The van der Waals surface area contributed by atoms with Crippen LogP contribution in [-0.2, 0) is 13.6 Å². The molecule has 2 aromatic rings. The molecule has 14 heavy (non-hydrogen) atoms. The summed E-state index contributed by atoms with van der Waals surface area (Å²) in [6, 6.07) is 1.91. The van der Waals surface area contributed by atoms with E-state index in [1.165, 1.54) is 0 Å². The first-order chi connectivity index (χ1) is 6.75. The topological polar surface area (TPSA) is 55.9 Å². The third-order valence-electron chi connectivity index (χ3n) is 1.75. The summed E-state index contributed by atoms with van der Waals surface area (Å²) in [5, 5.41) is 10.7. The summed E-state index contributed by atoms with van der Waals surface area (Å²) in [5.74, 6) is 1.57. The van der Waals surface area contributed by atoms with Crippen LogP contribution in [0.15, 0.2) is 27.5 Å². The monoisotopic (exact) mass is 256 g/mol. The van der Waals surface area contributed by atoms with Gasteiger partial charge in [0, 0.05) is 7.05 Å². The average molecular weight is 257 g/mol. The number of hydrogen-bond donors (Lipinski definition) is 1. The van der Waals surface area contributed by atoms with Gasteiger partial charge in [-0.2, -0.15) is 0 Å². The van der Waals surface area contributed by atoms with Crippen molar-refractivity contribution in [1.29, 1.82) is 0 Å². The summed E-state index contributed by atoms with van der Waals surface area (Å²) in [7, 11) is 1.88. The number of aryl methyl sites for hydroxylation is 1. The minimum absolute atomic E-state index is 0.595. The minimum atomic E-state index is 0.595. The third kappa shape index (κ3) is 1.95. The Balaban J connectivity index is 1.98. The number of nitrogens with zero attached hydrogens (tertiary/aromatic N) is 3. The van der Waals surface area contributed by atoms with Gasteiger partial charge in [0.1, 0.15) is 18.4 Å². The van der Waals surface area contributed by atoms with Crippen molar-refractivity contribution in [2.75, 3.05) is 5.32 Å². The molecular formula is C8H9BrN4O. The number of hydrogen-bond acceptors (Lipinski definition) is 4. The predicted octanol–water partition coefficient (Wildman–Crippen LogP) is 1.78. The molecular weight excluding hydrogens is 248 g/mol. The lowest BCUT2D eigenvalue weighted by Crippen LogP contribution is -2.03. The summed E-state index contributed by atoms with van der Waals surface area (Å²) in [4.78, 5) is 0. The molecule has 2 aromatic heterocycles. The molecule has 0 bridgehead atoms. The highest BCUT2D eigenvalue weighted by molar-refractivity contribution is 9.10. The van der Waals surface area contributed by atoms with Gasteiger partial charge in [-0.1, -0.05) is 0 Å². The van der Waals surface area contributed by atoms with Crippen LogP contribution in [-0.4, -0.2) is 14.8 Å². The summed E-state index contributed by atoms with van der Waals surface area (Å²) < 4.78 is 7.98. The lowest BCUT2D eigenvalue weighted by Gasteiger charge is -2.01. The van der Waals surface area contributed by atoms with Crippen LogP contribution in [0, 0.1) is 0 Å². The number of anilines is 1. The Kier molecular flexibility index (Phi) is 2.53. The molecule has 74 valence electrons. The van der Waals surface area contributed by atoms with E-state index >= 15 is 0 Å². The Hall–Kier alpha value is -1.30. The second-order valence-corrected chi connectivity index (χ2v) is 3.77. The van der Waals surface area contributed by atoms with Gasteiger partial charge in [-0.3, -0.25) is 0 Å². The van der Waals surface area contributed by atoms with E-state index < -0.39 is 0 Å². The van der Waals surface area contributed by atoms with Gasteiger partial charge in [-0.25, -0.2) is 0 Å². The van der Waals surface area contributed by atoms with Crippen molar-refractivity contribution in [2.24, 2.45) is 7.05 Å². The Morgan fingerprint density at radius 2 is 2.50 bits per heavy atom. The van der Waals surface area contributed by atoms with Gasteiger partial charge in [-0.05, 0) is 22.0 Å². The Labute approximate surface area is 89.3 Å². The van der Waals surface area contributed by atoms with Crippen molar-refractivity contribution in [2.45, 2.75) is 6.54 Å². The van der Waals surface area contributed by atoms with Gasteiger partial charge < -0.3 is 14.3 Å². The lowest BCUT2D eigenvalue weighted by molar-refractivity contribution is 0.516. The second kappa shape index (κ2) is 3.83. The molecule has 0 aromatic carbocycles. The number of furan rings is 1. The van der Waals surface area contributed by atoms with Crippen LogP contribution < -0.4 is 5.32 Å². The number of halogens is 1. The SMILES string of the molecule is Cn1cnnc1NCc1cc(Br)co1. The maximum absolute atomic E-state index is 5.24. The van der Waals surface area contributed by atoms with E-state index in [1.807, 2.05) is 13.1 Å². The van der Waals surface area contributed by atoms with E-state index in [0.29, 0.717) is 6.54 Å². The van der Waals surface area contributed by atoms with E-state index in [0.717, 1.165) is 16.2 Å². The van der Waals surface area contributed by atoms with Gasteiger partial charge in [0.2, 0.25) is 5.95 Å². The molecule has 0 atom stereocenters. The quantitative estimate of drug-likeness (QED) is 0.910. The number of nitrogens with one attached hydrogen (secondary N) is 1. The van der Waals surface area contributed by atoms with Crippen molar-refractivity contribution < 1.29 is 4.42 Å². The maximum atomic E-state index is 5.24. The Morgan fingerprint density at radius 3 is 3.07 bits per heavy atom. The molecule has 0 aliphatic heterocycles. The van der Waals surface area contributed by atoms with Crippen LogP contribution in [0.3, 0.4) is 0 Å². The van der Waals surface area contributed by atoms with Crippen LogP contribution in [0.4, 0.5) is 5.95 Å². The average Bonchev–Trinajstić information content (AvgIpc) is 2.72. The number of rotatable bonds is 3. The molecule has 0 radical (unpaired) electrons. The van der Waals surface area contributed by atoms with Gasteiger partial charge in [0.15, 0.2) is 0 Å². The standard InChI is InChI=1S/C8H9BrN4O/c1-13-5-11-12-8(13)10-3-7-2-6(9)4-14-7/h2,4-5H,3H2,1H3,(H,10,12). The molecule has 0 amide bonds. The van der Waals surface area contributed by atoms with Crippen molar-refractivity contribution in [3.8, 4) is 0 Å². The van der Waals surface area contributed by atoms with Gasteiger partial charge in [0.25, 0.3) is 0 Å². The van der Waals surface area contributed by atoms with Gasteiger partial charge in [0.05, 0.1) is 11.0 Å². The molecule has 2 heterocycles. The largest absolute Gasteiger partial charge is 0.466 e. The normalized spacial score (nSPS) is 10.4. The van der Waals surface area contributed by atoms with Gasteiger partial charge >= 0.3 is 0 Å². The third-order valence-corrected chi connectivity index (χ3v) is 2.17. The smallest absolute Gasteiger partial charge is 0.224 e. The molecule has 0 saturated carbocycles. The summed E-state index contributed by atoms with van der Waals surface area (Å²) in [6.45, 7) is 0.595. The highest BCUT2D eigenvalue weighted by atomic mass is 79.9. The van der Waals surface area contributed by atoms with Crippen molar-refractivity contribution >= 4 is 21.9 Å². The molecule has 1 N–H and O–H groups in total. The fourth-order valence-corrected chi connectivity index (χ4v) is 1.40. The molecule has 5 nitrogen and oxygen atoms in total. The molecule has 0 spiro atoms. The molecule has 6 heteroatoms. The second-order valence-electron chi connectivity index (χ2n) is 2.85. The summed E-state index contributed by atoms with van der Waals surface area (Å²) >= 11 is 3.31. The van der Waals surface area contributed by atoms with E-state index in [4.69, 9.17) is 4.42 Å². The predicted molar refractivity (Wildman–Crippen MR) is 54.7 cm³/mol. The van der Waals surface area contributed by atoms with E-state index in [1.54, 1.807) is 17.2 Å². The summed E-state index contributed by atoms with van der Waals surface area (Å²) in [5.41, 5.74) is 0. The first-order valence-corrected chi connectivity index (χ1v) is 4.86. The minimum Gasteiger partial charge on any atom is -0.466 e. The Morgan fingerprint density at radius 1 is 1.64 bits per heavy atom. The molecule has 0 fully saturated rings. The highest BCUT2D eigenvalue weighted by Crippen LogP contribution is 2.14. The van der Waals surface area contributed by atoms with E-state index in [2.05, 4.69) is 31.4 Å².